The molecule has 0 spiro atoms. The number of anilines is 1. The zero-order chi connectivity index (χ0) is 38.0. The lowest BCUT2D eigenvalue weighted by atomic mass is 9.75. The molecular weight excluding hydrogens is 668 g/mol. The van der Waals surface area contributed by atoms with Crippen LogP contribution in [0, 0.1) is 5.92 Å². The third-order valence-corrected chi connectivity index (χ3v) is 10.2. The normalized spacial score (nSPS) is 17.4. The number of aromatic nitrogens is 2. The summed E-state index contributed by atoms with van der Waals surface area (Å²) >= 11 is 0. The molecule has 1 heterocycles. The summed E-state index contributed by atoms with van der Waals surface area (Å²) in [5.41, 5.74) is 5.63. The van der Waals surface area contributed by atoms with Gasteiger partial charge in [-0.1, -0.05) is 62.4 Å². The van der Waals surface area contributed by atoms with E-state index >= 15 is 0 Å². The lowest BCUT2D eigenvalue weighted by Crippen LogP contribution is -2.47. The topological polar surface area (TPSA) is 143 Å². The van der Waals surface area contributed by atoms with E-state index in [2.05, 4.69) is 76.2 Å². The summed E-state index contributed by atoms with van der Waals surface area (Å²) in [6.07, 6.45) is 12.3. The van der Waals surface area contributed by atoms with Gasteiger partial charge < -0.3 is 30.4 Å². The second-order valence-corrected chi connectivity index (χ2v) is 14.2. The molecule has 0 saturated heterocycles. The highest BCUT2D eigenvalue weighted by atomic mass is 16.5. The van der Waals surface area contributed by atoms with Gasteiger partial charge >= 0.3 is 0 Å². The minimum absolute atomic E-state index is 0.138. The number of hydrogen-bond donors (Lipinski definition) is 3. The molecule has 1 fully saturated rings. The second-order valence-electron chi connectivity index (χ2n) is 14.2. The van der Waals surface area contributed by atoms with Gasteiger partial charge in [0.05, 0.1) is 11.3 Å². The maximum absolute atomic E-state index is 13.6. The van der Waals surface area contributed by atoms with Crippen LogP contribution in [0.25, 0.3) is 0 Å². The van der Waals surface area contributed by atoms with Gasteiger partial charge in [-0.25, -0.2) is 9.97 Å². The Kier molecular flexibility index (Phi) is 13.0. The Morgan fingerprint density at radius 3 is 2.34 bits per heavy atom. The standard InChI is InChI=1S/C42H50N6O5/c1-42(2,32-15-17-36(18-16-32)53-27-34-19-20-45-41(44-4)47-34)31-13-11-28(12-14-31)22-29-23-35(24-29)46-33-9-6-8-30(26-50)37(25-33)40(52)48(5)38(10-7-21-49)39(51)43-3/h8-9,11-21,25-26,29,35,38,46H,6-7,10,22-24,27H2,1-5H3,(H,43,51)(H,44,45,47). The van der Waals surface area contributed by atoms with Crippen LogP contribution in [0.1, 0.15) is 68.3 Å². The van der Waals surface area contributed by atoms with Crippen molar-refractivity contribution in [3.8, 4) is 5.75 Å². The van der Waals surface area contributed by atoms with Crippen LogP contribution in [0.2, 0.25) is 0 Å². The predicted octanol–water partition coefficient (Wildman–Crippen LogP) is 5.23. The van der Waals surface area contributed by atoms with Crippen molar-refractivity contribution >= 4 is 30.3 Å². The third kappa shape index (κ3) is 9.65. The van der Waals surface area contributed by atoms with Crippen LogP contribution in [0.5, 0.6) is 5.75 Å². The Morgan fingerprint density at radius 1 is 1.00 bits per heavy atom. The number of amides is 2. The molecule has 0 aliphatic heterocycles. The van der Waals surface area contributed by atoms with Crippen LogP contribution >= 0.6 is 0 Å². The van der Waals surface area contributed by atoms with Crippen molar-refractivity contribution < 1.29 is 23.9 Å². The lowest BCUT2D eigenvalue weighted by molar-refractivity contribution is -0.136. The zero-order valence-electron chi connectivity index (χ0n) is 31.2. The first-order valence-corrected chi connectivity index (χ1v) is 18.1. The molecule has 2 aromatic carbocycles. The molecule has 0 bridgehead atoms. The SMILES string of the molecule is CNC(=O)C(CCC=O)N(C)C(=O)C1=CC(NC2CC(Cc3ccc(C(C)(C)c4ccc(OCc5ccnc(NC)n5)cc4)cc3)C2)=CCC=C1C=O. The molecule has 278 valence electrons. The van der Waals surface area contributed by atoms with Gasteiger partial charge in [0.2, 0.25) is 11.9 Å². The van der Waals surface area contributed by atoms with Crippen molar-refractivity contribution in [2.45, 2.75) is 76.5 Å². The highest BCUT2D eigenvalue weighted by Crippen LogP contribution is 2.35. The van der Waals surface area contributed by atoms with Gasteiger partial charge in [-0.3, -0.25) is 14.4 Å². The van der Waals surface area contributed by atoms with Crippen molar-refractivity contribution in [3.63, 3.8) is 0 Å². The molecule has 3 aromatic rings. The molecule has 11 heteroatoms. The maximum Gasteiger partial charge on any atom is 0.255 e. The lowest BCUT2D eigenvalue weighted by Gasteiger charge is -2.37. The number of hydrogen-bond acceptors (Lipinski definition) is 9. The summed E-state index contributed by atoms with van der Waals surface area (Å²) in [5.74, 6) is 1.07. The molecule has 2 amide bonds. The van der Waals surface area contributed by atoms with E-state index in [1.54, 1.807) is 25.4 Å². The summed E-state index contributed by atoms with van der Waals surface area (Å²) in [6.45, 7) is 4.82. The Labute approximate surface area is 312 Å². The van der Waals surface area contributed by atoms with Gasteiger partial charge in [0.1, 0.15) is 24.7 Å². The second kappa shape index (κ2) is 17.8. The first kappa shape index (κ1) is 38.6. The fourth-order valence-corrected chi connectivity index (χ4v) is 6.88. The molecule has 53 heavy (non-hydrogen) atoms. The summed E-state index contributed by atoms with van der Waals surface area (Å²) < 4.78 is 5.97. The number of nitrogens with zero attached hydrogens (tertiary/aromatic N) is 3. The van der Waals surface area contributed by atoms with Crippen LogP contribution < -0.4 is 20.7 Å². The van der Waals surface area contributed by atoms with Crippen molar-refractivity contribution in [1.29, 1.82) is 0 Å². The average molecular weight is 719 g/mol. The van der Waals surface area contributed by atoms with E-state index in [1.165, 1.54) is 35.7 Å². The molecule has 2 aliphatic carbocycles. The number of carbonyl (C=O) groups excluding carboxylic acids is 4. The Morgan fingerprint density at radius 2 is 1.70 bits per heavy atom. The summed E-state index contributed by atoms with van der Waals surface area (Å²) in [4.78, 5) is 59.0. The number of allylic oxidation sites excluding steroid dienone is 3. The number of benzene rings is 2. The molecule has 1 aromatic heterocycles. The maximum atomic E-state index is 13.6. The first-order chi connectivity index (χ1) is 25.6. The molecule has 5 rings (SSSR count). The van der Waals surface area contributed by atoms with Crippen molar-refractivity contribution in [2.24, 2.45) is 5.92 Å². The van der Waals surface area contributed by atoms with Crippen LogP contribution in [0.4, 0.5) is 5.95 Å². The van der Waals surface area contributed by atoms with Gasteiger partial charge in [0, 0.05) is 56.5 Å². The Hall–Kier alpha value is -5.58. The van der Waals surface area contributed by atoms with Gasteiger partial charge in [-0.05, 0) is 79.0 Å². The monoisotopic (exact) mass is 718 g/mol. The Bertz CT molecular complexity index is 1860. The van der Waals surface area contributed by atoms with E-state index < -0.39 is 11.9 Å². The summed E-state index contributed by atoms with van der Waals surface area (Å²) in [5, 5.41) is 9.08. The molecule has 3 N–H and O–H groups in total. The Balaban J connectivity index is 1.14. The van der Waals surface area contributed by atoms with E-state index in [1.807, 2.05) is 24.3 Å². The number of aldehydes is 2. The van der Waals surface area contributed by atoms with Crippen molar-refractivity contribution in [2.75, 3.05) is 26.5 Å². The van der Waals surface area contributed by atoms with E-state index in [0.717, 1.165) is 42.7 Å². The summed E-state index contributed by atoms with van der Waals surface area (Å²) in [6, 6.07) is 18.4. The minimum Gasteiger partial charge on any atom is -0.487 e. The van der Waals surface area contributed by atoms with Crippen LogP contribution in [-0.4, -0.2) is 72.5 Å². The highest BCUT2D eigenvalue weighted by Gasteiger charge is 2.32. The van der Waals surface area contributed by atoms with E-state index in [0.29, 0.717) is 31.2 Å². The molecule has 1 unspecified atom stereocenters. The molecule has 2 aliphatic rings. The third-order valence-electron chi connectivity index (χ3n) is 10.2. The van der Waals surface area contributed by atoms with Crippen LogP contribution in [0.15, 0.2) is 95.9 Å². The zero-order valence-corrected chi connectivity index (χ0v) is 31.2. The average Bonchev–Trinajstić information content (AvgIpc) is 3.38. The fraction of sp³-hybridized carbons (Fsp3) is 0.381. The molecular formula is C42H50N6O5. The number of nitrogens with one attached hydrogen (secondary N) is 3. The van der Waals surface area contributed by atoms with E-state index in [9.17, 15) is 19.2 Å². The molecule has 0 radical (unpaired) electrons. The minimum atomic E-state index is -0.830. The molecule has 1 saturated carbocycles. The highest BCUT2D eigenvalue weighted by molar-refractivity contribution is 6.06. The largest absolute Gasteiger partial charge is 0.487 e. The summed E-state index contributed by atoms with van der Waals surface area (Å²) in [7, 11) is 4.81. The smallest absolute Gasteiger partial charge is 0.255 e. The van der Waals surface area contributed by atoms with Gasteiger partial charge in [0.25, 0.3) is 5.91 Å². The van der Waals surface area contributed by atoms with E-state index in [4.69, 9.17) is 4.74 Å². The number of likely N-dealkylation sites (N-methyl/N-ethyl adjacent to an activating group) is 2. The van der Waals surface area contributed by atoms with Gasteiger partial charge in [0.15, 0.2) is 6.29 Å². The molecule has 11 nitrogen and oxygen atoms in total. The van der Waals surface area contributed by atoms with Gasteiger partial charge in [-0.2, -0.15) is 0 Å². The quantitative estimate of drug-likeness (QED) is 0.160. The number of ether oxygens (including phenoxy) is 1. The van der Waals surface area contributed by atoms with Gasteiger partial charge in [-0.15, -0.1) is 0 Å². The molecule has 1 atom stereocenters. The van der Waals surface area contributed by atoms with Crippen molar-refractivity contribution in [1.82, 2.24) is 25.5 Å². The van der Waals surface area contributed by atoms with Crippen molar-refractivity contribution in [3.05, 3.63) is 118 Å². The predicted molar refractivity (Wildman–Crippen MR) is 205 cm³/mol. The number of carbonyl (C=O) groups is 4. The first-order valence-electron chi connectivity index (χ1n) is 18.1. The fourth-order valence-electron chi connectivity index (χ4n) is 6.88. The van der Waals surface area contributed by atoms with E-state index in [-0.39, 0.29) is 41.4 Å². The number of rotatable bonds is 17. The van der Waals surface area contributed by atoms with Crippen LogP contribution in [-0.2, 0) is 37.6 Å². The van der Waals surface area contributed by atoms with Crippen LogP contribution in [0.3, 0.4) is 0 Å².